The van der Waals surface area contributed by atoms with Crippen molar-refractivity contribution in [1.29, 1.82) is 0 Å². The van der Waals surface area contributed by atoms with E-state index >= 15 is 0 Å². The number of fused-ring (bicyclic) bond motifs is 1. The SMILES string of the molecule is CC(C)C(=O)COCCNC(=O)CCCC[C@@H]1SC[C@@H]2NC(=O)N[C@@H]21. The number of thioether (sulfide) groups is 1. The van der Waals surface area contributed by atoms with Gasteiger partial charge < -0.3 is 20.7 Å². The van der Waals surface area contributed by atoms with E-state index in [1.165, 1.54) is 0 Å². The second kappa shape index (κ2) is 10.0. The monoisotopic (exact) mass is 371 g/mol. The summed E-state index contributed by atoms with van der Waals surface area (Å²) in [6.45, 7) is 4.59. The van der Waals surface area contributed by atoms with E-state index in [-0.39, 0.29) is 42.3 Å². The van der Waals surface area contributed by atoms with E-state index in [9.17, 15) is 14.4 Å². The number of rotatable bonds is 11. The molecule has 0 radical (unpaired) electrons. The van der Waals surface area contributed by atoms with E-state index in [0.717, 1.165) is 25.0 Å². The van der Waals surface area contributed by atoms with Crippen molar-refractivity contribution in [2.45, 2.75) is 56.9 Å². The largest absolute Gasteiger partial charge is 0.372 e. The Morgan fingerprint density at radius 1 is 1.32 bits per heavy atom. The van der Waals surface area contributed by atoms with Crippen molar-refractivity contribution in [2.75, 3.05) is 25.5 Å². The molecule has 0 aromatic heterocycles. The highest BCUT2D eigenvalue weighted by Gasteiger charge is 2.42. The van der Waals surface area contributed by atoms with Gasteiger partial charge >= 0.3 is 6.03 Å². The van der Waals surface area contributed by atoms with Gasteiger partial charge in [0.05, 0.1) is 18.7 Å². The maximum absolute atomic E-state index is 11.8. The molecule has 2 saturated heterocycles. The number of Topliss-reactive ketones (excluding diaryl/α,β-unsaturated/α-hetero) is 1. The highest BCUT2D eigenvalue weighted by molar-refractivity contribution is 8.00. The molecule has 2 fully saturated rings. The number of nitrogens with one attached hydrogen (secondary N) is 3. The second-order valence-electron chi connectivity index (χ2n) is 6.89. The molecule has 2 heterocycles. The standard InChI is InChI=1S/C17H29N3O4S/c1-11(2)13(21)9-24-8-7-18-15(22)6-4-3-5-14-16-12(10-25-14)19-17(23)20-16/h11-12,14,16H,3-10H2,1-2H3,(H,18,22)(H2,19,20,23)/t12-,14-,16-/m0/s1. The van der Waals surface area contributed by atoms with Gasteiger partial charge in [0.15, 0.2) is 5.78 Å². The van der Waals surface area contributed by atoms with Crippen molar-refractivity contribution >= 4 is 29.5 Å². The summed E-state index contributed by atoms with van der Waals surface area (Å²) in [5, 5.41) is 9.17. The summed E-state index contributed by atoms with van der Waals surface area (Å²) in [5.41, 5.74) is 0. The van der Waals surface area contributed by atoms with Crippen LogP contribution in [0.5, 0.6) is 0 Å². The van der Waals surface area contributed by atoms with Gasteiger partial charge in [0.2, 0.25) is 5.91 Å². The van der Waals surface area contributed by atoms with E-state index in [1.54, 1.807) is 0 Å². The molecule has 142 valence electrons. The van der Waals surface area contributed by atoms with Crippen LogP contribution in [0.15, 0.2) is 0 Å². The van der Waals surface area contributed by atoms with E-state index in [1.807, 2.05) is 25.6 Å². The van der Waals surface area contributed by atoms with Crippen LogP contribution in [0.2, 0.25) is 0 Å². The lowest BCUT2D eigenvalue weighted by Crippen LogP contribution is -2.36. The summed E-state index contributed by atoms with van der Waals surface area (Å²) < 4.78 is 5.24. The van der Waals surface area contributed by atoms with Crippen molar-refractivity contribution in [2.24, 2.45) is 5.92 Å². The van der Waals surface area contributed by atoms with Crippen molar-refractivity contribution < 1.29 is 19.1 Å². The van der Waals surface area contributed by atoms with Crippen LogP contribution in [0.1, 0.15) is 39.5 Å². The van der Waals surface area contributed by atoms with Crippen molar-refractivity contribution in [1.82, 2.24) is 16.0 Å². The number of carbonyl (C=O) groups excluding carboxylic acids is 3. The topological polar surface area (TPSA) is 96.5 Å². The van der Waals surface area contributed by atoms with Crippen LogP contribution in [0.3, 0.4) is 0 Å². The van der Waals surface area contributed by atoms with Crippen molar-refractivity contribution in [3.8, 4) is 0 Å². The molecule has 0 aromatic rings. The Morgan fingerprint density at radius 3 is 2.88 bits per heavy atom. The lowest BCUT2D eigenvalue weighted by Gasteiger charge is -2.16. The molecule has 0 saturated carbocycles. The number of ether oxygens (including phenoxy) is 1. The number of carbonyl (C=O) groups is 3. The molecule has 3 N–H and O–H groups in total. The third kappa shape index (κ3) is 6.51. The Morgan fingerprint density at radius 2 is 2.12 bits per heavy atom. The maximum atomic E-state index is 11.8. The Bertz CT molecular complexity index is 487. The molecule has 0 spiro atoms. The van der Waals surface area contributed by atoms with Gasteiger partial charge in [-0.2, -0.15) is 11.8 Å². The molecular formula is C17H29N3O4S. The Kier molecular flexibility index (Phi) is 8.02. The summed E-state index contributed by atoms with van der Waals surface area (Å²) in [7, 11) is 0. The zero-order chi connectivity index (χ0) is 18.2. The number of urea groups is 1. The van der Waals surface area contributed by atoms with Gasteiger partial charge in [0.1, 0.15) is 6.61 Å². The smallest absolute Gasteiger partial charge is 0.315 e. The first-order valence-electron chi connectivity index (χ1n) is 9.03. The molecule has 3 amide bonds. The third-order valence-electron chi connectivity index (χ3n) is 4.54. The number of unbranched alkanes of at least 4 members (excludes halogenated alkanes) is 1. The number of ketones is 1. The van der Waals surface area contributed by atoms with E-state index in [0.29, 0.717) is 24.8 Å². The van der Waals surface area contributed by atoms with Gasteiger partial charge in [-0.05, 0) is 12.8 Å². The summed E-state index contributed by atoms with van der Waals surface area (Å²) in [6.07, 6.45) is 3.33. The van der Waals surface area contributed by atoms with Crippen LogP contribution in [-0.4, -0.2) is 60.6 Å². The fourth-order valence-electron chi connectivity index (χ4n) is 2.96. The third-order valence-corrected chi connectivity index (χ3v) is 6.05. The highest BCUT2D eigenvalue weighted by atomic mass is 32.2. The molecular weight excluding hydrogens is 342 g/mol. The molecule has 0 unspecified atom stereocenters. The van der Waals surface area contributed by atoms with Crippen molar-refractivity contribution in [3.63, 3.8) is 0 Å². The highest BCUT2D eigenvalue weighted by Crippen LogP contribution is 2.33. The van der Waals surface area contributed by atoms with Crippen LogP contribution >= 0.6 is 11.8 Å². The zero-order valence-electron chi connectivity index (χ0n) is 15.0. The average Bonchev–Trinajstić information content (AvgIpc) is 3.10. The Balaban J connectivity index is 1.46. The Hall–Kier alpha value is -1.28. The van der Waals surface area contributed by atoms with Gasteiger partial charge in [0.25, 0.3) is 0 Å². The predicted octanol–water partition coefficient (Wildman–Crippen LogP) is 1.07. The van der Waals surface area contributed by atoms with Crippen molar-refractivity contribution in [3.05, 3.63) is 0 Å². The number of amides is 3. The van der Waals surface area contributed by atoms with Gasteiger partial charge in [-0.1, -0.05) is 20.3 Å². The van der Waals surface area contributed by atoms with E-state index in [4.69, 9.17) is 4.74 Å². The molecule has 3 atom stereocenters. The minimum Gasteiger partial charge on any atom is -0.372 e. The molecule has 0 aromatic carbocycles. The first-order valence-corrected chi connectivity index (χ1v) is 10.1. The zero-order valence-corrected chi connectivity index (χ0v) is 15.8. The fraction of sp³-hybridized carbons (Fsp3) is 0.824. The van der Waals surface area contributed by atoms with Crippen LogP contribution in [0, 0.1) is 5.92 Å². The minimum atomic E-state index is -0.0583. The second-order valence-corrected chi connectivity index (χ2v) is 8.16. The van der Waals surface area contributed by atoms with Crippen LogP contribution in [0.4, 0.5) is 4.79 Å². The van der Waals surface area contributed by atoms with Gasteiger partial charge in [0, 0.05) is 29.9 Å². The first-order chi connectivity index (χ1) is 12.0. The minimum absolute atomic E-state index is 0.0174. The normalized spacial score (nSPS) is 24.8. The van der Waals surface area contributed by atoms with Gasteiger partial charge in [-0.25, -0.2) is 4.79 Å². The molecule has 8 heteroatoms. The lowest BCUT2D eigenvalue weighted by atomic mass is 10.0. The van der Waals surface area contributed by atoms with E-state index < -0.39 is 0 Å². The number of hydrogen-bond donors (Lipinski definition) is 3. The lowest BCUT2D eigenvalue weighted by molar-refractivity contribution is -0.126. The van der Waals surface area contributed by atoms with Crippen LogP contribution in [-0.2, 0) is 14.3 Å². The van der Waals surface area contributed by atoms with Gasteiger partial charge in [-0.3, -0.25) is 9.59 Å². The fourth-order valence-corrected chi connectivity index (χ4v) is 4.51. The first kappa shape index (κ1) is 20.0. The van der Waals surface area contributed by atoms with Crippen LogP contribution in [0.25, 0.3) is 0 Å². The maximum Gasteiger partial charge on any atom is 0.315 e. The summed E-state index contributed by atoms with van der Waals surface area (Å²) in [5.74, 6) is 1.04. The molecule has 25 heavy (non-hydrogen) atoms. The molecule has 0 aliphatic carbocycles. The molecule has 2 aliphatic rings. The van der Waals surface area contributed by atoms with E-state index in [2.05, 4.69) is 16.0 Å². The Labute approximate surface area is 153 Å². The quantitative estimate of drug-likeness (QED) is 0.373. The molecule has 0 bridgehead atoms. The predicted molar refractivity (Wildman–Crippen MR) is 97.6 cm³/mol. The summed E-state index contributed by atoms with van der Waals surface area (Å²) in [6, 6.07) is 0.433. The molecule has 2 aliphatic heterocycles. The average molecular weight is 372 g/mol. The van der Waals surface area contributed by atoms with Gasteiger partial charge in [-0.15, -0.1) is 0 Å². The molecule has 2 rings (SSSR count). The summed E-state index contributed by atoms with van der Waals surface area (Å²) >= 11 is 1.90. The van der Waals surface area contributed by atoms with Crippen LogP contribution < -0.4 is 16.0 Å². The number of hydrogen-bond acceptors (Lipinski definition) is 5. The molecule has 7 nitrogen and oxygen atoms in total. The summed E-state index contributed by atoms with van der Waals surface area (Å²) in [4.78, 5) is 34.5.